The number of hydrogen-bond acceptors (Lipinski definition) is 2. The molecule has 5 heteroatoms. The van der Waals surface area contributed by atoms with Gasteiger partial charge >= 0.3 is 0 Å². The molecule has 0 bridgehead atoms. The Labute approximate surface area is 116 Å². The van der Waals surface area contributed by atoms with E-state index in [9.17, 15) is 0 Å². The summed E-state index contributed by atoms with van der Waals surface area (Å²) in [6.45, 7) is 2.00. The van der Waals surface area contributed by atoms with Crippen LogP contribution in [0.3, 0.4) is 0 Å². The molecule has 0 amide bonds. The monoisotopic (exact) mass is 277 g/mol. The maximum absolute atomic E-state index is 5.81. The van der Waals surface area contributed by atoms with Crippen LogP contribution in [-0.2, 0) is 0 Å². The van der Waals surface area contributed by atoms with Crippen molar-refractivity contribution in [1.82, 2.24) is 4.98 Å². The Morgan fingerprint density at radius 3 is 2.56 bits per heavy atom. The number of anilines is 2. The molecule has 0 unspecified atom stereocenters. The van der Waals surface area contributed by atoms with Gasteiger partial charge in [0.1, 0.15) is 5.82 Å². The van der Waals surface area contributed by atoms with Crippen molar-refractivity contribution in [1.29, 1.82) is 0 Å². The molecule has 1 aromatic carbocycles. The van der Waals surface area contributed by atoms with Crippen LogP contribution in [0.2, 0.25) is 5.02 Å². The number of halogens is 1. The van der Waals surface area contributed by atoms with Crippen LogP contribution in [0.5, 0.6) is 0 Å². The highest BCUT2D eigenvalue weighted by atomic mass is 35.5. The standard InChI is InChI=1S/C13H12ClN3S/c1-9-6-7-15-12(8-9)17-13(18)16-11-4-2-10(14)3-5-11/h2-8H,1H3,(H2,15,16,17,18). The lowest BCUT2D eigenvalue weighted by atomic mass is 10.3. The molecule has 0 aliphatic carbocycles. The van der Waals surface area contributed by atoms with Crippen molar-refractivity contribution < 1.29 is 0 Å². The largest absolute Gasteiger partial charge is 0.332 e. The fourth-order valence-corrected chi connectivity index (χ4v) is 1.76. The van der Waals surface area contributed by atoms with E-state index in [0.29, 0.717) is 10.1 Å². The predicted octanol–water partition coefficient (Wildman–Crippen LogP) is 3.85. The summed E-state index contributed by atoms with van der Waals surface area (Å²) in [4.78, 5) is 4.18. The van der Waals surface area contributed by atoms with Gasteiger partial charge in [-0.3, -0.25) is 0 Å². The molecular weight excluding hydrogens is 266 g/mol. The molecule has 0 atom stereocenters. The predicted molar refractivity (Wildman–Crippen MR) is 80.3 cm³/mol. The summed E-state index contributed by atoms with van der Waals surface area (Å²) in [5.41, 5.74) is 2.01. The first-order valence-electron chi connectivity index (χ1n) is 5.40. The second-order valence-electron chi connectivity index (χ2n) is 3.80. The molecule has 0 saturated heterocycles. The van der Waals surface area contributed by atoms with Crippen LogP contribution in [0.1, 0.15) is 5.56 Å². The van der Waals surface area contributed by atoms with Crippen molar-refractivity contribution in [2.45, 2.75) is 6.92 Å². The lowest BCUT2D eigenvalue weighted by Crippen LogP contribution is -2.19. The fourth-order valence-electron chi connectivity index (χ4n) is 1.42. The van der Waals surface area contributed by atoms with E-state index in [4.69, 9.17) is 23.8 Å². The van der Waals surface area contributed by atoms with Gasteiger partial charge in [-0.1, -0.05) is 11.6 Å². The van der Waals surface area contributed by atoms with Crippen molar-refractivity contribution in [3.63, 3.8) is 0 Å². The minimum absolute atomic E-state index is 0.496. The van der Waals surface area contributed by atoms with Crippen LogP contribution in [0, 0.1) is 6.92 Å². The Morgan fingerprint density at radius 2 is 1.89 bits per heavy atom. The first-order chi connectivity index (χ1) is 8.63. The number of thiocarbonyl (C=S) groups is 1. The van der Waals surface area contributed by atoms with E-state index in [1.807, 2.05) is 31.2 Å². The van der Waals surface area contributed by atoms with E-state index in [1.54, 1.807) is 18.3 Å². The highest BCUT2D eigenvalue weighted by Gasteiger charge is 2.00. The van der Waals surface area contributed by atoms with Crippen molar-refractivity contribution >= 4 is 40.4 Å². The maximum Gasteiger partial charge on any atom is 0.176 e. The normalized spacial score (nSPS) is 9.89. The zero-order valence-electron chi connectivity index (χ0n) is 9.77. The van der Waals surface area contributed by atoms with Crippen LogP contribution in [0.15, 0.2) is 42.6 Å². The van der Waals surface area contributed by atoms with Crippen molar-refractivity contribution in [3.8, 4) is 0 Å². The molecule has 0 aliphatic rings. The molecule has 92 valence electrons. The molecule has 2 rings (SSSR count). The lowest BCUT2D eigenvalue weighted by molar-refractivity contribution is 1.28. The highest BCUT2D eigenvalue weighted by molar-refractivity contribution is 7.80. The van der Waals surface area contributed by atoms with Crippen LogP contribution in [-0.4, -0.2) is 10.1 Å². The molecule has 0 spiro atoms. The van der Waals surface area contributed by atoms with Crippen LogP contribution < -0.4 is 10.6 Å². The third-order valence-electron chi connectivity index (χ3n) is 2.26. The van der Waals surface area contributed by atoms with E-state index >= 15 is 0 Å². The van der Waals surface area contributed by atoms with Gasteiger partial charge in [-0.15, -0.1) is 0 Å². The maximum atomic E-state index is 5.81. The van der Waals surface area contributed by atoms with Crippen molar-refractivity contribution in [2.24, 2.45) is 0 Å². The number of aromatic nitrogens is 1. The molecule has 0 fully saturated rings. The topological polar surface area (TPSA) is 37.0 Å². The molecule has 1 heterocycles. The molecule has 0 saturated carbocycles. The summed E-state index contributed by atoms with van der Waals surface area (Å²) in [5.74, 6) is 0.724. The van der Waals surface area contributed by atoms with Crippen molar-refractivity contribution in [2.75, 3.05) is 10.6 Å². The van der Waals surface area contributed by atoms with Gasteiger partial charge in [-0.05, 0) is 61.1 Å². The third kappa shape index (κ3) is 3.68. The number of nitrogens with zero attached hydrogens (tertiary/aromatic N) is 1. The Morgan fingerprint density at radius 1 is 1.17 bits per heavy atom. The summed E-state index contributed by atoms with van der Waals surface area (Å²) in [7, 11) is 0. The third-order valence-corrected chi connectivity index (χ3v) is 2.72. The summed E-state index contributed by atoms with van der Waals surface area (Å²) in [6, 6.07) is 11.2. The molecule has 1 aromatic heterocycles. The summed E-state index contributed by atoms with van der Waals surface area (Å²) >= 11 is 11.0. The smallest absolute Gasteiger partial charge is 0.176 e. The van der Waals surface area contributed by atoms with E-state index in [1.165, 1.54) is 0 Å². The van der Waals surface area contributed by atoms with Gasteiger partial charge in [-0.25, -0.2) is 4.98 Å². The van der Waals surface area contributed by atoms with Gasteiger partial charge in [0.15, 0.2) is 5.11 Å². The van der Waals surface area contributed by atoms with Crippen LogP contribution in [0.25, 0.3) is 0 Å². The molecule has 3 nitrogen and oxygen atoms in total. The number of rotatable bonds is 2. The van der Waals surface area contributed by atoms with Gasteiger partial charge in [0, 0.05) is 16.9 Å². The minimum Gasteiger partial charge on any atom is -0.332 e. The summed E-state index contributed by atoms with van der Waals surface area (Å²) in [5, 5.41) is 7.27. The number of pyridine rings is 1. The molecule has 2 N–H and O–H groups in total. The molecule has 2 aromatic rings. The Hall–Kier alpha value is -1.65. The molecule has 18 heavy (non-hydrogen) atoms. The average Bonchev–Trinajstić information content (AvgIpc) is 2.32. The van der Waals surface area contributed by atoms with E-state index in [2.05, 4.69) is 15.6 Å². The van der Waals surface area contributed by atoms with E-state index in [0.717, 1.165) is 17.1 Å². The number of nitrogens with one attached hydrogen (secondary N) is 2. The molecule has 0 aliphatic heterocycles. The van der Waals surface area contributed by atoms with Gasteiger partial charge in [0.25, 0.3) is 0 Å². The van der Waals surface area contributed by atoms with Crippen LogP contribution in [0.4, 0.5) is 11.5 Å². The average molecular weight is 278 g/mol. The van der Waals surface area contributed by atoms with E-state index in [-0.39, 0.29) is 0 Å². The Balaban J connectivity index is 1.98. The molecule has 0 radical (unpaired) electrons. The minimum atomic E-state index is 0.496. The van der Waals surface area contributed by atoms with Crippen molar-refractivity contribution in [3.05, 3.63) is 53.2 Å². The van der Waals surface area contributed by atoms with Gasteiger partial charge in [0.2, 0.25) is 0 Å². The Kier molecular flexibility index (Phi) is 4.12. The summed E-state index contributed by atoms with van der Waals surface area (Å²) in [6.07, 6.45) is 1.74. The quantitative estimate of drug-likeness (QED) is 0.818. The number of hydrogen-bond donors (Lipinski definition) is 2. The first-order valence-corrected chi connectivity index (χ1v) is 6.18. The van der Waals surface area contributed by atoms with E-state index < -0.39 is 0 Å². The van der Waals surface area contributed by atoms with Crippen LogP contribution >= 0.6 is 23.8 Å². The summed E-state index contributed by atoms with van der Waals surface area (Å²) < 4.78 is 0. The lowest BCUT2D eigenvalue weighted by Gasteiger charge is -2.10. The second-order valence-corrected chi connectivity index (χ2v) is 4.65. The van der Waals surface area contributed by atoms with Gasteiger partial charge in [-0.2, -0.15) is 0 Å². The highest BCUT2D eigenvalue weighted by Crippen LogP contribution is 2.14. The number of aryl methyl sites for hydroxylation is 1. The Bertz CT molecular complexity index is 554. The zero-order chi connectivity index (χ0) is 13.0. The molecular formula is C13H12ClN3S. The number of benzene rings is 1. The first kappa shape index (κ1) is 12.8. The SMILES string of the molecule is Cc1ccnc(NC(=S)Nc2ccc(Cl)cc2)c1. The van der Waals surface area contributed by atoms with Gasteiger partial charge < -0.3 is 10.6 Å². The second kappa shape index (κ2) is 5.80. The fraction of sp³-hybridized carbons (Fsp3) is 0.0769. The van der Waals surface area contributed by atoms with Gasteiger partial charge in [0.05, 0.1) is 0 Å². The zero-order valence-corrected chi connectivity index (χ0v) is 11.3.